The smallest absolute Gasteiger partial charge is 0.340 e. The maximum absolute atomic E-state index is 11.8. The Morgan fingerprint density at radius 3 is 2.62 bits per heavy atom. The summed E-state index contributed by atoms with van der Waals surface area (Å²) in [7, 11) is 1.30. The Hall–Kier alpha value is -1.61. The summed E-state index contributed by atoms with van der Waals surface area (Å²) in [6, 6.07) is 7.36. The molecule has 0 aliphatic carbocycles. The molecule has 2 aromatic rings. The molecule has 7 heteroatoms. The van der Waals surface area contributed by atoms with Crippen molar-refractivity contribution in [3.05, 3.63) is 44.2 Å². The van der Waals surface area contributed by atoms with E-state index >= 15 is 0 Å². The molecule has 0 aliphatic heterocycles. The fraction of sp³-hybridized carbons (Fsp3) is 0.143. The number of carbonyl (C=O) groups is 2. The van der Waals surface area contributed by atoms with Crippen LogP contribution in [0.3, 0.4) is 0 Å². The molecule has 0 bridgehead atoms. The number of benzene rings is 1. The molecule has 1 heterocycles. The molecular weight excluding hydrogens is 405 g/mol. The highest BCUT2D eigenvalue weighted by Gasteiger charge is 2.15. The van der Waals surface area contributed by atoms with Crippen LogP contribution >= 0.6 is 33.9 Å². The van der Waals surface area contributed by atoms with Crippen molar-refractivity contribution < 1.29 is 19.1 Å². The molecule has 0 spiro atoms. The maximum Gasteiger partial charge on any atom is 0.340 e. The van der Waals surface area contributed by atoms with Crippen molar-refractivity contribution in [2.45, 2.75) is 0 Å². The van der Waals surface area contributed by atoms with Crippen LogP contribution in [0, 0.1) is 3.57 Å². The second-order valence-electron chi connectivity index (χ2n) is 3.98. The number of halogens is 1. The summed E-state index contributed by atoms with van der Waals surface area (Å²) in [6.45, 7) is -0.128. The van der Waals surface area contributed by atoms with E-state index in [0.717, 1.165) is 3.57 Å². The van der Waals surface area contributed by atoms with Crippen LogP contribution in [0.5, 0.6) is 5.75 Å². The highest BCUT2D eigenvalue weighted by Crippen LogP contribution is 2.21. The molecule has 1 aromatic heterocycles. The number of methoxy groups -OCH3 is 1. The third-order valence-corrected chi connectivity index (χ3v) is 3.99. The van der Waals surface area contributed by atoms with Crippen molar-refractivity contribution in [2.24, 2.45) is 0 Å². The van der Waals surface area contributed by atoms with Crippen LogP contribution in [-0.2, 0) is 9.53 Å². The highest BCUT2D eigenvalue weighted by molar-refractivity contribution is 14.1. The summed E-state index contributed by atoms with van der Waals surface area (Å²) in [4.78, 5) is 23.3. The number of hydrogen-bond acceptors (Lipinski definition) is 5. The van der Waals surface area contributed by atoms with Gasteiger partial charge in [0.15, 0.2) is 6.61 Å². The molecule has 1 amide bonds. The lowest BCUT2D eigenvalue weighted by Gasteiger charge is -2.07. The third-order valence-electron chi connectivity index (χ3n) is 2.52. The van der Waals surface area contributed by atoms with Crippen molar-refractivity contribution in [1.82, 2.24) is 0 Å². The van der Waals surface area contributed by atoms with E-state index in [1.54, 1.807) is 22.9 Å². The third kappa shape index (κ3) is 4.43. The molecule has 110 valence electrons. The molecule has 0 saturated carbocycles. The van der Waals surface area contributed by atoms with Crippen molar-refractivity contribution in [1.29, 1.82) is 0 Å². The zero-order chi connectivity index (χ0) is 15.2. The number of nitrogens with one attached hydrogen (secondary N) is 1. The van der Waals surface area contributed by atoms with Gasteiger partial charge in [0.2, 0.25) is 0 Å². The van der Waals surface area contributed by atoms with Crippen LogP contribution in [0.15, 0.2) is 35.0 Å². The van der Waals surface area contributed by atoms with Gasteiger partial charge in [0.25, 0.3) is 5.91 Å². The molecule has 0 unspecified atom stereocenters. The first-order valence-electron chi connectivity index (χ1n) is 5.93. The summed E-state index contributed by atoms with van der Waals surface area (Å²) in [5, 5.41) is 5.93. The SMILES string of the molecule is COC(=O)c1cscc1NC(=O)COc1ccc(I)cc1. The maximum atomic E-state index is 11.8. The second-order valence-corrected chi connectivity index (χ2v) is 5.97. The van der Waals surface area contributed by atoms with Gasteiger partial charge in [0.05, 0.1) is 18.4 Å². The van der Waals surface area contributed by atoms with Gasteiger partial charge in [0.1, 0.15) is 5.75 Å². The first-order valence-corrected chi connectivity index (χ1v) is 7.95. The average Bonchev–Trinajstić information content (AvgIpc) is 2.94. The summed E-state index contributed by atoms with van der Waals surface area (Å²) < 4.78 is 11.1. The lowest BCUT2D eigenvalue weighted by atomic mass is 10.3. The minimum atomic E-state index is -0.481. The molecule has 1 aromatic carbocycles. The summed E-state index contributed by atoms with van der Waals surface area (Å²) in [5.41, 5.74) is 0.771. The molecule has 0 saturated heterocycles. The number of hydrogen-bond donors (Lipinski definition) is 1. The van der Waals surface area contributed by atoms with E-state index < -0.39 is 5.97 Å². The highest BCUT2D eigenvalue weighted by atomic mass is 127. The Morgan fingerprint density at radius 1 is 1.24 bits per heavy atom. The fourth-order valence-corrected chi connectivity index (χ4v) is 2.64. The average molecular weight is 417 g/mol. The quantitative estimate of drug-likeness (QED) is 0.600. The van der Waals surface area contributed by atoms with E-state index in [9.17, 15) is 9.59 Å². The van der Waals surface area contributed by atoms with Gasteiger partial charge < -0.3 is 14.8 Å². The van der Waals surface area contributed by atoms with Crippen LogP contribution in [0.1, 0.15) is 10.4 Å². The van der Waals surface area contributed by atoms with E-state index in [1.165, 1.54) is 18.4 Å². The Kier molecular flexibility index (Phi) is 5.57. The molecule has 0 atom stereocenters. The van der Waals surface area contributed by atoms with E-state index in [2.05, 4.69) is 32.6 Å². The largest absolute Gasteiger partial charge is 0.484 e. The molecule has 0 aliphatic rings. The van der Waals surface area contributed by atoms with Gasteiger partial charge in [-0.2, -0.15) is 0 Å². The topological polar surface area (TPSA) is 64.6 Å². The second kappa shape index (κ2) is 7.41. The first kappa shape index (κ1) is 15.8. The normalized spacial score (nSPS) is 10.0. The predicted octanol–water partition coefficient (Wildman–Crippen LogP) is 3.16. The summed E-state index contributed by atoms with van der Waals surface area (Å²) in [6.07, 6.45) is 0. The monoisotopic (exact) mass is 417 g/mol. The number of esters is 1. The van der Waals surface area contributed by atoms with Gasteiger partial charge in [0, 0.05) is 14.3 Å². The number of amides is 1. The number of ether oxygens (including phenoxy) is 2. The Morgan fingerprint density at radius 2 is 1.95 bits per heavy atom. The van der Waals surface area contributed by atoms with Crippen LogP contribution in [-0.4, -0.2) is 25.6 Å². The van der Waals surface area contributed by atoms with Gasteiger partial charge >= 0.3 is 5.97 Å². The van der Waals surface area contributed by atoms with Gasteiger partial charge in [-0.3, -0.25) is 4.79 Å². The Bertz CT molecular complexity index is 639. The number of carbonyl (C=O) groups excluding carboxylic acids is 2. The zero-order valence-corrected chi connectivity index (χ0v) is 14.1. The minimum Gasteiger partial charge on any atom is -0.484 e. The Labute approximate surface area is 139 Å². The van der Waals surface area contributed by atoms with E-state index in [4.69, 9.17) is 4.74 Å². The minimum absolute atomic E-state index is 0.128. The molecule has 2 rings (SSSR count). The lowest BCUT2D eigenvalue weighted by Crippen LogP contribution is -2.21. The molecule has 1 N–H and O–H groups in total. The van der Waals surface area contributed by atoms with Crippen LogP contribution in [0.25, 0.3) is 0 Å². The molecule has 0 radical (unpaired) electrons. The van der Waals surface area contributed by atoms with Crippen molar-refractivity contribution in [3.63, 3.8) is 0 Å². The first-order chi connectivity index (χ1) is 10.1. The van der Waals surface area contributed by atoms with Crippen LogP contribution < -0.4 is 10.1 Å². The molecule has 5 nitrogen and oxygen atoms in total. The van der Waals surface area contributed by atoms with Crippen molar-refractivity contribution in [3.8, 4) is 5.75 Å². The van der Waals surface area contributed by atoms with E-state index in [-0.39, 0.29) is 12.5 Å². The van der Waals surface area contributed by atoms with Gasteiger partial charge in [-0.15, -0.1) is 11.3 Å². The molecule has 0 fully saturated rings. The van der Waals surface area contributed by atoms with Crippen LogP contribution in [0.2, 0.25) is 0 Å². The van der Waals surface area contributed by atoms with Gasteiger partial charge in [-0.25, -0.2) is 4.79 Å². The number of thiophene rings is 1. The van der Waals surface area contributed by atoms with Crippen molar-refractivity contribution in [2.75, 3.05) is 19.0 Å². The zero-order valence-electron chi connectivity index (χ0n) is 11.1. The standard InChI is InChI=1S/C14H12INO4S/c1-19-14(18)11-7-21-8-12(11)16-13(17)6-20-10-4-2-9(15)3-5-10/h2-5,7-8H,6H2,1H3,(H,16,17). The molecular formula is C14H12INO4S. The summed E-state index contributed by atoms with van der Waals surface area (Å²) >= 11 is 3.50. The van der Waals surface area contributed by atoms with E-state index in [1.807, 2.05) is 12.1 Å². The van der Waals surface area contributed by atoms with E-state index in [0.29, 0.717) is 17.0 Å². The Balaban J connectivity index is 1.92. The van der Waals surface area contributed by atoms with Gasteiger partial charge in [-0.1, -0.05) is 0 Å². The lowest BCUT2D eigenvalue weighted by molar-refractivity contribution is -0.118. The number of rotatable bonds is 5. The van der Waals surface area contributed by atoms with Crippen LogP contribution in [0.4, 0.5) is 5.69 Å². The fourth-order valence-electron chi connectivity index (χ4n) is 1.53. The summed E-state index contributed by atoms with van der Waals surface area (Å²) in [5.74, 6) is -0.203. The number of anilines is 1. The van der Waals surface area contributed by atoms with Gasteiger partial charge in [-0.05, 0) is 46.9 Å². The molecule has 21 heavy (non-hydrogen) atoms. The predicted molar refractivity (Wildman–Crippen MR) is 88.9 cm³/mol. The van der Waals surface area contributed by atoms with Crippen molar-refractivity contribution >= 4 is 51.5 Å².